The van der Waals surface area contributed by atoms with Gasteiger partial charge in [0.25, 0.3) is 5.91 Å². The predicted octanol–water partition coefficient (Wildman–Crippen LogP) is 2.73. The van der Waals surface area contributed by atoms with Gasteiger partial charge in [0.15, 0.2) is 18.1 Å². The van der Waals surface area contributed by atoms with Crippen LogP contribution in [-0.4, -0.2) is 31.7 Å². The fourth-order valence-electron chi connectivity index (χ4n) is 2.77. The van der Waals surface area contributed by atoms with E-state index in [1.807, 2.05) is 56.3 Å². The monoisotopic (exact) mass is 369 g/mol. The molecule has 6 nitrogen and oxygen atoms in total. The van der Waals surface area contributed by atoms with Crippen molar-refractivity contribution in [2.75, 3.05) is 19.8 Å². The van der Waals surface area contributed by atoms with E-state index in [9.17, 15) is 9.59 Å². The summed E-state index contributed by atoms with van der Waals surface area (Å²) in [4.78, 5) is 24.0. The molecule has 2 aromatic carbocycles. The van der Waals surface area contributed by atoms with Crippen LogP contribution in [0, 0.1) is 6.92 Å². The van der Waals surface area contributed by atoms with Crippen molar-refractivity contribution < 1.29 is 23.8 Å². The van der Waals surface area contributed by atoms with Gasteiger partial charge in [-0.1, -0.05) is 35.9 Å². The van der Waals surface area contributed by atoms with E-state index >= 15 is 0 Å². The smallest absolute Gasteiger partial charge is 0.310 e. The minimum Gasteiger partial charge on any atom is -0.486 e. The van der Waals surface area contributed by atoms with Gasteiger partial charge in [-0.15, -0.1) is 0 Å². The molecule has 0 unspecified atom stereocenters. The van der Waals surface area contributed by atoms with E-state index in [0.717, 1.165) is 16.7 Å². The third-order valence-corrected chi connectivity index (χ3v) is 4.28. The first kappa shape index (κ1) is 18.8. The van der Waals surface area contributed by atoms with E-state index in [1.54, 1.807) is 0 Å². The lowest BCUT2D eigenvalue weighted by molar-refractivity contribution is -0.148. The van der Waals surface area contributed by atoms with Crippen LogP contribution in [0.5, 0.6) is 11.5 Å². The molecule has 142 valence electrons. The summed E-state index contributed by atoms with van der Waals surface area (Å²) < 4.78 is 16.1. The Morgan fingerprint density at radius 2 is 1.78 bits per heavy atom. The lowest BCUT2D eigenvalue weighted by Gasteiger charge is -2.21. The maximum atomic E-state index is 12.1. The van der Waals surface area contributed by atoms with Crippen LogP contribution in [0.25, 0.3) is 0 Å². The molecule has 0 saturated heterocycles. The standard InChI is InChI=1S/C21H23NO5/c1-14-3-5-16(6-4-14)11-21(24)27-13-20(23)22-15(2)17-7-8-18-19(12-17)26-10-9-25-18/h3-8,12,15H,9-11,13H2,1-2H3,(H,22,23)/t15-/m0/s1. The quantitative estimate of drug-likeness (QED) is 0.793. The van der Waals surface area contributed by atoms with Crippen molar-refractivity contribution in [1.29, 1.82) is 0 Å². The van der Waals surface area contributed by atoms with Crippen LogP contribution in [0.3, 0.4) is 0 Å². The van der Waals surface area contributed by atoms with E-state index in [2.05, 4.69) is 5.32 Å². The van der Waals surface area contributed by atoms with Gasteiger partial charge in [-0.25, -0.2) is 0 Å². The number of carbonyl (C=O) groups is 2. The van der Waals surface area contributed by atoms with Crippen LogP contribution in [0.15, 0.2) is 42.5 Å². The molecule has 27 heavy (non-hydrogen) atoms. The summed E-state index contributed by atoms with van der Waals surface area (Å²) in [5.74, 6) is 0.591. The van der Waals surface area contributed by atoms with Gasteiger partial charge in [-0.2, -0.15) is 0 Å². The van der Waals surface area contributed by atoms with Gasteiger partial charge in [-0.05, 0) is 37.1 Å². The van der Waals surface area contributed by atoms with Crippen LogP contribution in [0.4, 0.5) is 0 Å². The Kier molecular flexibility index (Phi) is 5.96. The summed E-state index contributed by atoms with van der Waals surface area (Å²) >= 11 is 0. The first-order chi connectivity index (χ1) is 13.0. The first-order valence-corrected chi connectivity index (χ1v) is 8.91. The molecule has 0 saturated carbocycles. The molecule has 0 bridgehead atoms. The van der Waals surface area contributed by atoms with Crippen LogP contribution in [0.1, 0.15) is 29.7 Å². The second-order valence-electron chi connectivity index (χ2n) is 6.52. The summed E-state index contributed by atoms with van der Waals surface area (Å²) in [7, 11) is 0. The highest BCUT2D eigenvalue weighted by Crippen LogP contribution is 2.32. The Morgan fingerprint density at radius 3 is 2.52 bits per heavy atom. The van der Waals surface area contributed by atoms with E-state index in [4.69, 9.17) is 14.2 Å². The Hall–Kier alpha value is -3.02. The fraction of sp³-hybridized carbons (Fsp3) is 0.333. The number of benzene rings is 2. The highest BCUT2D eigenvalue weighted by atomic mass is 16.6. The van der Waals surface area contributed by atoms with Crippen molar-refractivity contribution in [3.8, 4) is 11.5 Å². The molecule has 1 N–H and O–H groups in total. The summed E-state index contributed by atoms with van der Waals surface area (Å²) in [6, 6.07) is 12.9. The summed E-state index contributed by atoms with van der Waals surface area (Å²) in [6.07, 6.45) is 0.144. The third kappa shape index (κ3) is 5.23. The molecule has 0 fully saturated rings. The molecule has 0 aliphatic carbocycles. The fourth-order valence-corrected chi connectivity index (χ4v) is 2.77. The zero-order chi connectivity index (χ0) is 19.2. The number of aryl methyl sites for hydroxylation is 1. The van der Waals surface area contributed by atoms with Gasteiger partial charge < -0.3 is 19.5 Å². The average molecular weight is 369 g/mol. The van der Waals surface area contributed by atoms with Crippen LogP contribution in [0.2, 0.25) is 0 Å². The van der Waals surface area contributed by atoms with Crippen molar-refractivity contribution in [3.05, 3.63) is 59.2 Å². The minimum atomic E-state index is -0.430. The average Bonchev–Trinajstić information content (AvgIpc) is 2.68. The molecule has 0 aromatic heterocycles. The SMILES string of the molecule is Cc1ccc(CC(=O)OCC(=O)N[C@@H](C)c2ccc3c(c2)OCCO3)cc1. The molecule has 0 spiro atoms. The highest BCUT2D eigenvalue weighted by Gasteiger charge is 2.16. The molecule has 1 aliphatic heterocycles. The molecular formula is C21H23NO5. The predicted molar refractivity (Wildman–Crippen MR) is 99.8 cm³/mol. The molecule has 1 heterocycles. The van der Waals surface area contributed by atoms with Crippen molar-refractivity contribution in [2.24, 2.45) is 0 Å². The molecule has 3 rings (SSSR count). The van der Waals surface area contributed by atoms with E-state index in [-0.39, 0.29) is 25.0 Å². The van der Waals surface area contributed by atoms with Gasteiger partial charge in [0.1, 0.15) is 13.2 Å². The number of fused-ring (bicyclic) bond motifs is 1. The van der Waals surface area contributed by atoms with Gasteiger partial charge in [-0.3, -0.25) is 9.59 Å². The van der Waals surface area contributed by atoms with Crippen LogP contribution >= 0.6 is 0 Å². The van der Waals surface area contributed by atoms with Gasteiger partial charge >= 0.3 is 5.97 Å². The number of rotatable bonds is 6. The van der Waals surface area contributed by atoms with Crippen LogP contribution < -0.4 is 14.8 Å². The van der Waals surface area contributed by atoms with Crippen molar-refractivity contribution in [2.45, 2.75) is 26.3 Å². The molecule has 2 aromatic rings. The van der Waals surface area contributed by atoms with Gasteiger partial charge in [0.05, 0.1) is 12.5 Å². The molecule has 1 aliphatic rings. The van der Waals surface area contributed by atoms with Gasteiger partial charge in [0, 0.05) is 0 Å². The maximum Gasteiger partial charge on any atom is 0.310 e. The zero-order valence-corrected chi connectivity index (χ0v) is 15.5. The highest BCUT2D eigenvalue weighted by molar-refractivity contribution is 5.81. The second kappa shape index (κ2) is 8.58. The third-order valence-electron chi connectivity index (χ3n) is 4.28. The number of ether oxygens (including phenoxy) is 3. The van der Waals surface area contributed by atoms with E-state index in [1.165, 1.54) is 0 Å². The zero-order valence-electron chi connectivity index (χ0n) is 15.5. The minimum absolute atomic E-state index is 0.144. The number of esters is 1. The maximum absolute atomic E-state index is 12.1. The Bertz CT molecular complexity index is 816. The Morgan fingerprint density at radius 1 is 1.07 bits per heavy atom. The molecule has 0 radical (unpaired) electrons. The molecule has 6 heteroatoms. The number of hydrogen-bond acceptors (Lipinski definition) is 5. The molecule has 1 amide bonds. The Labute approximate surface area is 158 Å². The number of hydrogen-bond donors (Lipinski definition) is 1. The number of carbonyl (C=O) groups excluding carboxylic acids is 2. The molecular weight excluding hydrogens is 346 g/mol. The Balaban J connectivity index is 1.47. The molecule has 1 atom stereocenters. The summed E-state index contributed by atoms with van der Waals surface area (Å²) in [5, 5.41) is 2.82. The van der Waals surface area contributed by atoms with Crippen LogP contribution in [-0.2, 0) is 20.7 Å². The normalized spacial score (nSPS) is 13.6. The number of nitrogens with one attached hydrogen (secondary N) is 1. The van der Waals surface area contributed by atoms with Crippen molar-refractivity contribution in [3.63, 3.8) is 0 Å². The second-order valence-corrected chi connectivity index (χ2v) is 6.52. The first-order valence-electron chi connectivity index (χ1n) is 8.91. The summed E-state index contributed by atoms with van der Waals surface area (Å²) in [6.45, 7) is 4.58. The lowest BCUT2D eigenvalue weighted by Crippen LogP contribution is -2.31. The van der Waals surface area contributed by atoms with E-state index < -0.39 is 5.97 Å². The van der Waals surface area contributed by atoms with Crippen molar-refractivity contribution in [1.82, 2.24) is 5.32 Å². The number of amides is 1. The summed E-state index contributed by atoms with van der Waals surface area (Å²) in [5.41, 5.74) is 2.87. The topological polar surface area (TPSA) is 73.9 Å². The van der Waals surface area contributed by atoms with E-state index in [0.29, 0.717) is 24.7 Å². The van der Waals surface area contributed by atoms with Gasteiger partial charge in [0.2, 0.25) is 0 Å². The largest absolute Gasteiger partial charge is 0.486 e. The lowest BCUT2D eigenvalue weighted by atomic mass is 10.1. The van der Waals surface area contributed by atoms with Crippen molar-refractivity contribution >= 4 is 11.9 Å².